The summed E-state index contributed by atoms with van der Waals surface area (Å²) in [6.45, 7) is 3.79. The van der Waals surface area contributed by atoms with Crippen molar-refractivity contribution in [3.05, 3.63) is 35.1 Å². The molecule has 0 saturated carbocycles. The molecular weight excluding hydrogens is 435 g/mol. The number of aliphatic carboxylic acids is 1. The Bertz CT molecular complexity index is 842. The molecule has 0 aromatic heterocycles. The van der Waals surface area contributed by atoms with Crippen molar-refractivity contribution in [3.63, 3.8) is 0 Å². The Balaban J connectivity index is 2.01. The number of carboxylic acid groups (broad SMARTS) is 1. The quantitative estimate of drug-likeness (QED) is 0.484. The lowest BCUT2D eigenvalue weighted by Gasteiger charge is -2.27. The van der Waals surface area contributed by atoms with Gasteiger partial charge in [0.25, 0.3) is 5.91 Å². The summed E-state index contributed by atoms with van der Waals surface area (Å²) in [6.07, 6.45) is 0.116. The Morgan fingerprint density at radius 3 is 2.52 bits per heavy atom. The van der Waals surface area contributed by atoms with Gasteiger partial charge in [0.1, 0.15) is 11.9 Å². The van der Waals surface area contributed by atoms with Gasteiger partial charge in [0.2, 0.25) is 5.91 Å². The van der Waals surface area contributed by atoms with Crippen LogP contribution in [-0.4, -0.2) is 57.5 Å². The maximum atomic E-state index is 13.8. The van der Waals surface area contributed by atoms with Crippen molar-refractivity contribution in [2.45, 2.75) is 50.6 Å². The molecule has 1 aliphatic rings. The molecule has 1 aromatic rings. The van der Waals surface area contributed by atoms with Crippen molar-refractivity contribution in [1.82, 2.24) is 10.2 Å². The Labute approximate surface area is 182 Å². The number of carboxylic acids is 1. The first kappa shape index (κ1) is 25.0. The number of amides is 2. The van der Waals surface area contributed by atoms with Crippen molar-refractivity contribution in [2.75, 3.05) is 12.3 Å². The first-order valence-electron chi connectivity index (χ1n) is 9.88. The third-order valence-corrected chi connectivity index (χ3v) is 6.42. The molecule has 172 valence electrons. The van der Waals surface area contributed by atoms with Crippen molar-refractivity contribution < 1.29 is 32.7 Å². The second kappa shape index (κ2) is 10.9. The molecule has 4 atom stereocenters. The summed E-state index contributed by atoms with van der Waals surface area (Å²) in [5, 5.41) is 11.0. The lowest BCUT2D eigenvalue weighted by Crippen LogP contribution is -2.52. The number of halogens is 3. The highest BCUT2D eigenvalue weighted by Crippen LogP contribution is 2.26. The fourth-order valence-electron chi connectivity index (χ4n) is 3.27. The van der Waals surface area contributed by atoms with Crippen LogP contribution >= 0.6 is 11.8 Å². The van der Waals surface area contributed by atoms with Gasteiger partial charge in [-0.25, -0.2) is 18.0 Å². The van der Waals surface area contributed by atoms with E-state index in [1.165, 1.54) is 16.7 Å². The predicted molar refractivity (Wildman–Crippen MR) is 110 cm³/mol. The molecule has 1 unspecified atom stereocenters. The van der Waals surface area contributed by atoms with E-state index in [4.69, 9.17) is 5.73 Å². The molecule has 31 heavy (non-hydrogen) atoms. The van der Waals surface area contributed by atoms with Crippen LogP contribution in [0.15, 0.2) is 12.1 Å². The van der Waals surface area contributed by atoms with E-state index in [2.05, 4.69) is 5.32 Å². The van der Waals surface area contributed by atoms with Crippen LogP contribution in [0.25, 0.3) is 0 Å². The fourth-order valence-corrected chi connectivity index (χ4v) is 4.41. The van der Waals surface area contributed by atoms with Crippen LogP contribution < -0.4 is 11.1 Å². The Kier molecular flexibility index (Phi) is 8.75. The van der Waals surface area contributed by atoms with Crippen molar-refractivity contribution in [3.8, 4) is 0 Å². The van der Waals surface area contributed by atoms with Crippen molar-refractivity contribution >= 4 is 29.5 Å². The maximum absolute atomic E-state index is 13.8. The zero-order valence-corrected chi connectivity index (χ0v) is 18.1. The topological polar surface area (TPSA) is 113 Å². The highest BCUT2D eigenvalue weighted by molar-refractivity contribution is 8.00. The number of thioether (sulfide) groups is 1. The molecule has 0 radical (unpaired) electrons. The summed E-state index contributed by atoms with van der Waals surface area (Å²) < 4.78 is 40.2. The lowest BCUT2D eigenvalue weighted by molar-refractivity contribution is -0.144. The summed E-state index contributed by atoms with van der Waals surface area (Å²) in [4.78, 5) is 38.1. The van der Waals surface area contributed by atoms with Gasteiger partial charge in [-0.2, -0.15) is 0 Å². The molecule has 0 spiro atoms. The Hall–Kier alpha value is -2.27. The van der Waals surface area contributed by atoms with E-state index in [0.29, 0.717) is 24.3 Å². The molecule has 2 amide bonds. The summed E-state index contributed by atoms with van der Waals surface area (Å²) in [5.74, 6) is -5.49. The van der Waals surface area contributed by atoms with Crippen LogP contribution in [0.1, 0.15) is 32.3 Å². The lowest BCUT2D eigenvalue weighted by atomic mass is 9.99. The van der Waals surface area contributed by atoms with E-state index in [1.807, 2.05) is 6.92 Å². The van der Waals surface area contributed by atoms with Gasteiger partial charge in [0, 0.05) is 30.8 Å². The monoisotopic (exact) mass is 461 g/mol. The van der Waals surface area contributed by atoms with Gasteiger partial charge in [-0.3, -0.25) is 9.59 Å². The molecule has 11 heteroatoms. The highest BCUT2D eigenvalue weighted by Gasteiger charge is 2.37. The average Bonchev–Trinajstić information content (AvgIpc) is 3.19. The van der Waals surface area contributed by atoms with Gasteiger partial charge in [0.15, 0.2) is 17.0 Å². The molecule has 1 fully saturated rings. The molecule has 1 aromatic carbocycles. The Morgan fingerprint density at radius 1 is 1.26 bits per heavy atom. The number of nitrogens with two attached hydrogens (primary N) is 1. The minimum atomic E-state index is -1.31. The van der Waals surface area contributed by atoms with Crippen LogP contribution in [-0.2, 0) is 20.8 Å². The fraction of sp³-hybridized carbons (Fsp3) is 0.550. The zero-order valence-electron chi connectivity index (χ0n) is 17.2. The van der Waals surface area contributed by atoms with Crippen molar-refractivity contribution in [2.24, 2.45) is 11.7 Å². The SMILES string of the molecule is CC[C@H](C)[C@H](NC(=O)C1SCCN1C(=O)C[C@H](N)Cc1cc(F)c(F)cc1F)C(=O)O. The van der Waals surface area contributed by atoms with E-state index in [-0.39, 0.29) is 30.9 Å². The molecule has 7 nitrogen and oxygen atoms in total. The van der Waals surface area contributed by atoms with Crippen LogP contribution in [0.4, 0.5) is 13.2 Å². The van der Waals surface area contributed by atoms with E-state index >= 15 is 0 Å². The second-order valence-corrected chi connectivity index (χ2v) is 8.73. The van der Waals surface area contributed by atoms with Gasteiger partial charge in [-0.15, -0.1) is 11.8 Å². The zero-order chi connectivity index (χ0) is 23.3. The molecule has 1 aliphatic heterocycles. The van der Waals surface area contributed by atoms with E-state index in [1.54, 1.807) is 6.92 Å². The standard InChI is InChI=1S/C20H26F3N3O4S/c1-3-10(2)17(20(29)30)25-18(28)19-26(4-5-31-19)16(27)8-12(24)6-11-7-14(22)15(23)9-13(11)21/h7,9-10,12,17,19H,3-6,8,24H2,1-2H3,(H,25,28)(H,29,30)/t10-,12+,17-,19?/m0/s1. The van der Waals surface area contributed by atoms with Gasteiger partial charge >= 0.3 is 5.97 Å². The molecule has 1 saturated heterocycles. The molecular formula is C20H26F3N3O4S. The summed E-state index contributed by atoms with van der Waals surface area (Å²) in [5.41, 5.74) is 5.76. The van der Waals surface area contributed by atoms with E-state index in [0.717, 1.165) is 0 Å². The number of carbonyl (C=O) groups is 3. The third-order valence-electron chi connectivity index (χ3n) is 5.22. The first-order chi connectivity index (χ1) is 14.5. The predicted octanol–water partition coefficient (Wildman–Crippen LogP) is 1.88. The third kappa shape index (κ3) is 6.36. The van der Waals surface area contributed by atoms with Crippen LogP contribution in [0.2, 0.25) is 0 Å². The minimum Gasteiger partial charge on any atom is -0.480 e. The smallest absolute Gasteiger partial charge is 0.326 e. The van der Waals surface area contributed by atoms with Gasteiger partial charge < -0.3 is 21.1 Å². The summed E-state index contributed by atoms with van der Waals surface area (Å²) in [7, 11) is 0. The minimum absolute atomic E-state index is 0.151. The molecule has 2 rings (SSSR count). The molecule has 0 bridgehead atoms. The van der Waals surface area contributed by atoms with Gasteiger partial charge in [0.05, 0.1) is 0 Å². The maximum Gasteiger partial charge on any atom is 0.326 e. The van der Waals surface area contributed by atoms with E-state index in [9.17, 15) is 32.7 Å². The molecule has 1 heterocycles. The largest absolute Gasteiger partial charge is 0.480 e. The first-order valence-corrected chi connectivity index (χ1v) is 10.9. The number of nitrogens with one attached hydrogen (secondary N) is 1. The second-order valence-electron chi connectivity index (χ2n) is 7.55. The molecule has 0 aliphatic carbocycles. The molecule has 4 N–H and O–H groups in total. The van der Waals surface area contributed by atoms with E-state index < -0.39 is 52.7 Å². The number of carbonyl (C=O) groups excluding carboxylic acids is 2. The van der Waals surface area contributed by atoms with Gasteiger partial charge in [-0.1, -0.05) is 20.3 Å². The number of hydrogen-bond donors (Lipinski definition) is 3. The number of rotatable bonds is 9. The van der Waals surface area contributed by atoms with Crippen LogP contribution in [0, 0.1) is 23.4 Å². The average molecular weight is 462 g/mol. The summed E-state index contributed by atoms with van der Waals surface area (Å²) >= 11 is 1.21. The Morgan fingerprint density at radius 2 is 1.90 bits per heavy atom. The van der Waals surface area contributed by atoms with Crippen LogP contribution in [0.5, 0.6) is 0 Å². The van der Waals surface area contributed by atoms with Gasteiger partial charge in [-0.05, 0) is 24.0 Å². The normalized spacial score (nSPS) is 19.0. The van der Waals surface area contributed by atoms with Crippen molar-refractivity contribution in [1.29, 1.82) is 0 Å². The highest BCUT2D eigenvalue weighted by atomic mass is 32.2. The number of hydrogen-bond acceptors (Lipinski definition) is 5. The van der Waals surface area contributed by atoms with Crippen LogP contribution in [0.3, 0.4) is 0 Å². The number of nitrogens with zero attached hydrogens (tertiary/aromatic N) is 1. The summed E-state index contributed by atoms with van der Waals surface area (Å²) in [6, 6.07) is -0.826. The number of benzene rings is 1.